The summed E-state index contributed by atoms with van der Waals surface area (Å²) < 4.78 is 0. The Morgan fingerprint density at radius 2 is 2.21 bits per heavy atom. The number of thioether (sulfide) groups is 1. The molecule has 2 fully saturated rings. The van der Waals surface area contributed by atoms with Crippen LogP contribution in [0.4, 0.5) is 0 Å². The molecule has 0 aromatic rings. The molecule has 4 N–H and O–H groups in total. The summed E-state index contributed by atoms with van der Waals surface area (Å²) in [7, 11) is 0. The van der Waals surface area contributed by atoms with Gasteiger partial charge in [0.25, 0.3) is 0 Å². The zero-order chi connectivity index (χ0) is 20.4. The molecule has 9 heteroatoms. The molecule has 0 unspecified atom stereocenters. The van der Waals surface area contributed by atoms with E-state index in [-0.39, 0.29) is 23.6 Å². The highest BCUT2D eigenvalue weighted by molar-refractivity contribution is 8.03. The number of carbonyl (C=O) groups excluding carboxylic acids is 1. The highest BCUT2D eigenvalue weighted by Gasteiger charge is 2.60. The molecular weight excluding hydrogens is 402 g/mol. The Hall–Kier alpha value is -0.800. The first-order valence-corrected chi connectivity index (χ1v) is 11.4. The maximum atomic E-state index is 12.4. The smallest absolute Gasteiger partial charge is 0.353 e. The number of carbonyl (C=O) groups is 2. The molecule has 28 heavy (non-hydrogen) atoms. The first-order valence-electron chi connectivity index (χ1n) is 10.0. The number of alkyl halides is 1. The number of fused-ring (bicyclic) bond motifs is 1. The fourth-order valence-electron chi connectivity index (χ4n) is 4.54. The van der Waals surface area contributed by atoms with E-state index < -0.39 is 18.0 Å². The maximum absolute atomic E-state index is 12.4. The van der Waals surface area contributed by atoms with Gasteiger partial charge in [0, 0.05) is 34.5 Å². The average molecular weight is 432 g/mol. The zero-order valence-corrected chi connectivity index (χ0v) is 17.9. The van der Waals surface area contributed by atoms with Crippen molar-refractivity contribution in [2.24, 2.45) is 11.8 Å². The van der Waals surface area contributed by atoms with Crippen LogP contribution in [0.1, 0.15) is 33.1 Å². The summed E-state index contributed by atoms with van der Waals surface area (Å²) in [4.78, 5) is 26.5. The summed E-state index contributed by atoms with van der Waals surface area (Å²) in [6.07, 6.45) is 2.20. The van der Waals surface area contributed by atoms with E-state index in [1.807, 2.05) is 6.92 Å². The lowest BCUT2D eigenvalue weighted by molar-refractivity contribution is -0.163. The highest BCUT2D eigenvalue weighted by atomic mass is 35.5. The summed E-state index contributed by atoms with van der Waals surface area (Å²) in [6, 6.07) is 0.174. The van der Waals surface area contributed by atoms with Crippen molar-refractivity contribution in [3.05, 3.63) is 10.6 Å². The third-order valence-electron chi connectivity index (χ3n) is 5.94. The Labute approximate surface area is 175 Å². The number of rotatable bonds is 10. The first kappa shape index (κ1) is 21.9. The molecule has 0 radical (unpaired) electrons. The minimum absolute atomic E-state index is 0.0651. The number of hydrogen-bond acceptors (Lipinski definition) is 6. The number of halogens is 1. The van der Waals surface area contributed by atoms with E-state index in [1.54, 1.807) is 18.7 Å². The number of nitrogens with one attached hydrogen (secondary N) is 2. The second kappa shape index (κ2) is 9.34. The second-order valence-corrected chi connectivity index (χ2v) is 9.65. The van der Waals surface area contributed by atoms with Gasteiger partial charge in [-0.1, -0.05) is 6.92 Å². The third-order valence-corrected chi connectivity index (χ3v) is 7.72. The summed E-state index contributed by atoms with van der Waals surface area (Å²) in [5.74, 6) is -1.23. The van der Waals surface area contributed by atoms with E-state index in [2.05, 4.69) is 10.6 Å². The van der Waals surface area contributed by atoms with Crippen molar-refractivity contribution in [3.63, 3.8) is 0 Å². The number of amides is 1. The van der Waals surface area contributed by atoms with Gasteiger partial charge in [-0.3, -0.25) is 4.79 Å². The van der Waals surface area contributed by atoms with E-state index in [1.165, 1.54) is 4.90 Å². The fourth-order valence-corrected chi connectivity index (χ4v) is 6.20. The number of carboxylic acids is 1. The van der Waals surface area contributed by atoms with Gasteiger partial charge in [-0.05, 0) is 39.3 Å². The minimum Gasteiger partial charge on any atom is -0.477 e. The molecule has 0 saturated carbocycles. The van der Waals surface area contributed by atoms with Crippen LogP contribution < -0.4 is 10.6 Å². The molecule has 158 valence electrons. The molecule has 3 aliphatic heterocycles. The molecule has 1 amide bonds. The van der Waals surface area contributed by atoms with Crippen LogP contribution in [0.2, 0.25) is 0 Å². The molecule has 0 aliphatic carbocycles. The van der Waals surface area contributed by atoms with E-state index in [9.17, 15) is 19.8 Å². The van der Waals surface area contributed by atoms with Crippen LogP contribution in [-0.2, 0) is 9.59 Å². The van der Waals surface area contributed by atoms with Gasteiger partial charge in [0.1, 0.15) is 5.70 Å². The predicted octanol–water partition coefficient (Wildman–Crippen LogP) is 1.21. The number of β-lactam (4-membered cyclic amide) rings is 1. The Kier molecular flexibility index (Phi) is 7.31. The first-order chi connectivity index (χ1) is 13.4. The van der Waals surface area contributed by atoms with Crippen LogP contribution >= 0.6 is 23.4 Å². The van der Waals surface area contributed by atoms with Gasteiger partial charge >= 0.3 is 5.97 Å². The maximum Gasteiger partial charge on any atom is 0.353 e. The number of aliphatic hydroxyl groups excluding tert-OH is 1. The van der Waals surface area contributed by atoms with Crippen molar-refractivity contribution in [1.29, 1.82) is 0 Å². The van der Waals surface area contributed by atoms with E-state index in [0.717, 1.165) is 43.8 Å². The lowest BCUT2D eigenvalue weighted by atomic mass is 9.79. The fraction of sp³-hybridized carbons (Fsp3) is 0.789. The monoisotopic (exact) mass is 431 g/mol. The quantitative estimate of drug-likeness (QED) is 0.234. The van der Waals surface area contributed by atoms with Crippen molar-refractivity contribution in [1.82, 2.24) is 15.5 Å². The van der Waals surface area contributed by atoms with E-state index >= 15 is 0 Å². The summed E-state index contributed by atoms with van der Waals surface area (Å²) in [6.45, 7) is 6.27. The molecule has 0 bridgehead atoms. The minimum atomic E-state index is -1.06. The lowest BCUT2D eigenvalue weighted by Crippen LogP contribution is -2.63. The van der Waals surface area contributed by atoms with Crippen LogP contribution in [0, 0.1) is 11.8 Å². The van der Waals surface area contributed by atoms with Crippen LogP contribution in [0.15, 0.2) is 10.6 Å². The molecule has 7 nitrogen and oxygen atoms in total. The van der Waals surface area contributed by atoms with Crippen LogP contribution in [0.5, 0.6) is 0 Å². The van der Waals surface area contributed by atoms with Crippen molar-refractivity contribution < 1.29 is 19.8 Å². The predicted molar refractivity (Wildman–Crippen MR) is 110 cm³/mol. The van der Waals surface area contributed by atoms with Gasteiger partial charge in [-0.2, -0.15) is 0 Å². The molecule has 0 aromatic carbocycles. The molecule has 3 aliphatic rings. The molecule has 3 rings (SSSR count). The van der Waals surface area contributed by atoms with Gasteiger partial charge in [0.15, 0.2) is 0 Å². The van der Waals surface area contributed by atoms with Gasteiger partial charge in [0.2, 0.25) is 5.91 Å². The molecule has 2 saturated heterocycles. The number of aliphatic carboxylic acids is 1. The average Bonchev–Trinajstić information content (AvgIpc) is 3.17. The number of aliphatic hydroxyl groups is 1. The van der Waals surface area contributed by atoms with E-state index in [4.69, 9.17) is 11.6 Å². The highest BCUT2D eigenvalue weighted by Crippen LogP contribution is 2.51. The van der Waals surface area contributed by atoms with Gasteiger partial charge in [0.05, 0.1) is 18.1 Å². The lowest BCUT2D eigenvalue weighted by Gasteiger charge is -2.46. The van der Waals surface area contributed by atoms with Crippen molar-refractivity contribution in [2.45, 2.75) is 56.5 Å². The van der Waals surface area contributed by atoms with Gasteiger partial charge in [-0.15, -0.1) is 23.4 Å². The van der Waals surface area contributed by atoms with Gasteiger partial charge in [-0.25, -0.2) is 4.79 Å². The van der Waals surface area contributed by atoms with Gasteiger partial charge < -0.3 is 25.7 Å². The second-order valence-electron chi connectivity index (χ2n) is 7.93. The number of hydrogen-bond donors (Lipinski definition) is 4. The Morgan fingerprint density at radius 3 is 2.86 bits per heavy atom. The Morgan fingerprint density at radius 1 is 1.46 bits per heavy atom. The number of nitrogens with zero attached hydrogens (tertiary/aromatic N) is 1. The normalized spacial score (nSPS) is 33.2. The molecule has 6 atom stereocenters. The van der Waals surface area contributed by atoms with Crippen molar-refractivity contribution >= 4 is 35.2 Å². The molecule has 3 heterocycles. The molecule has 0 spiro atoms. The largest absolute Gasteiger partial charge is 0.477 e. The van der Waals surface area contributed by atoms with Crippen LogP contribution in [-0.4, -0.2) is 75.9 Å². The summed E-state index contributed by atoms with van der Waals surface area (Å²) in [5, 5.41) is 26.8. The van der Waals surface area contributed by atoms with Crippen LogP contribution in [0.25, 0.3) is 0 Å². The SMILES string of the molecule is C[C@@H](O)[C@H]1C(=O)N2C(C(=O)O)=C(S[C@@H]3CN[C@@H](CCNCCCCl)C3)[C@H](C)[C@H]12. The van der Waals surface area contributed by atoms with Crippen molar-refractivity contribution in [3.8, 4) is 0 Å². The Balaban J connectivity index is 1.59. The number of carboxylic acid groups (broad SMARTS) is 1. The zero-order valence-electron chi connectivity index (χ0n) is 16.4. The van der Waals surface area contributed by atoms with Crippen LogP contribution in [0.3, 0.4) is 0 Å². The third kappa shape index (κ3) is 4.21. The Bertz CT molecular complexity index is 645. The van der Waals surface area contributed by atoms with Crippen molar-refractivity contribution in [2.75, 3.05) is 25.5 Å². The standard InChI is InChI=1S/C19H30ClN3O4S/c1-10-15-14(11(2)24)18(25)23(15)16(19(26)27)17(10)28-13-8-12(22-9-13)4-7-21-6-3-5-20/h10-15,21-22,24H,3-9H2,1-2H3,(H,26,27)/t10-,11-,12+,13+,14-,15-/m1/s1. The summed E-state index contributed by atoms with van der Waals surface area (Å²) >= 11 is 7.27. The van der Waals surface area contributed by atoms with E-state index in [0.29, 0.717) is 17.2 Å². The summed E-state index contributed by atoms with van der Waals surface area (Å²) in [5.41, 5.74) is 0.121. The molecular formula is C19H30ClN3O4S. The topological polar surface area (TPSA) is 102 Å². The molecule has 0 aromatic heterocycles.